The fraction of sp³-hybridized carbons (Fsp3) is 0.375. The maximum absolute atomic E-state index is 5.12. The van der Waals surface area contributed by atoms with E-state index in [-0.39, 0.29) is 0 Å². The largest absolute Gasteiger partial charge is 0.292 e. The van der Waals surface area contributed by atoms with E-state index >= 15 is 0 Å². The van der Waals surface area contributed by atoms with Crippen molar-refractivity contribution < 1.29 is 4.84 Å². The molecule has 0 aliphatic rings. The molecule has 0 aliphatic heterocycles. The van der Waals surface area contributed by atoms with Gasteiger partial charge in [0.05, 0.1) is 5.69 Å². The number of halogens is 1. The molecule has 12 heavy (non-hydrogen) atoms. The highest BCUT2D eigenvalue weighted by Crippen LogP contribution is 2.21. The molecular weight excluding hydrogens is 220 g/mol. The predicted molar refractivity (Wildman–Crippen MR) is 50.2 cm³/mol. The second-order valence-electron chi connectivity index (χ2n) is 2.99. The van der Waals surface area contributed by atoms with Gasteiger partial charge in [0.25, 0.3) is 0 Å². The van der Waals surface area contributed by atoms with Crippen LogP contribution in [0.25, 0.3) is 0 Å². The Kier molecular flexibility index (Phi) is 2.82. The summed E-state index contributed by atoms with van der Waals surface area (Å²) >= 11 is 3.30. The van der Waals surface area contributed by atoms with Crippen LogP contribution in [0.1, 0.15) is 19.5 Å². The summed E-state index contributed by atoms with van der Waals surface area (Å²) in [6, 6.07) is 3.78. The van der Waals surface area contributed by atoms with Crippen molar-refractivity contribution >= 4 is 15.9 Å². The first-order valence-electron chi connectivity index (χ1n) is 3.56. The van der Waals surface area contributed by atoms with E-state index in [0.29, 0.717) is 0 Å². The van der Waals surface area contributed by atoms with E-state index in [4.69, 9.17) is 10.7 Å². The van der Waals surface area contributed by atoms with Gasteiger partial charge in [0.15, 0.2) is 0 Å². The number of aromatic nitrogens is 1. The van der Waals surface area contributed by atoms with Crippen molar-refractivity contribution in [1.82, 2.24) is 4.98 Å². The Morgan fingerprint density at radius 1 is 1.50 bits per heavy atom. The third kappa shape index (κ3) is 2.03. The molecule has 0 unspecified atom stereocenters. The summed E-state index contributed by atoms with van der Waals surface area (Å²) in [5, 5.41) is 0. The van der Waals surface area contributed by atoms with E-state index in [2.05, 4.69) is 20.9 Å². The van der Waals surface area contributed by atoms with Crippen LogP contribution in [0.2, 0.25) is 0 Å². The van der Waals surface area contributed by atoms with Crippen molar-refractivity contribution in [2.75, 3.05) is 0 Å². The minimum Gasteiger partial charge on any atom is -0.292 e. The number of nitrogens with zero attached hydrogens (tertiary/aromatic N) is 1. The average molecular weight is 231 g/mol. The SMILES string of the molecule is CC(C)(ON)c1ccc(Br)cn1. The van der Waals surface area contributed by atoms with Crippen LogP contribution >= 0.6 is 15.9 Å². The second-order valence-corrected chi connectivity index (χ2v) is 3.91. The minimum absolute atomic E-state index is 0.527. The Morgan fingerprint density at radius 3 is 2.58 bits per heavy atom. The first-order valence-corrected chi connectivity index (χ1v) is 4.35. The van der Waals surface area contributed by atoms with E-state index in [0.717, 1.165) is 10.2 Å². The smallest absolute Gasteiger partial charge is 0.125 e. The fourth-order valence-electron chi connectivity index (χ4n) is 0.792. The molecule has 1 heterocycles. The molecule has 0 saturated heterocycles. The van der Waals surface area contributed by atoms with E-state index < -0.39 is 5.60 Å². The van der Waals surface area contributed by atoms with Crippen molar-refractivity contribution in [1.29, 1.82) is 0 Å². The molecule has 0 aromatic carbocycles. The molecule has 0 radical (unpaired) electrons. The quantitative estimate of drug-likeness (QED) is 0.791. The first kappa shape index (κ1) is 9.64. The maximum Gasteiger partial charge on any atom is 0.125 e. The number of hydrogen-bond donors (Lipinski definition) is 1. The monoisotopic (exact) mass is 230 g/mol. The van der Waals surface area contributed by atoms with E-state index in [9.17, 15) is 0 Å². The Bertz CT molecular complexity index is 258. The standard InChI is InChI=1S/C8H11BrN2O/c1-8(2,12-10)7-4-3-6(9)5-11-7/h3-5H,10H2,1-2H3. The molecule has 1 rings (SSSR count). The fourth-order valence-corrected chi connectivity index (χ4v) is 1.03. The van der Waals surface area contributed by atoms with Crippen LogP contribution in [-0.4, -0.2) is 4.98 Å². The van der Waals surface area contributed by atoms with Crippen molar-refractivity contribution in [3.63, 3.8) is 0 Å². The predicted octanol–water partition coefficient (Wildman–Crippen LogP) is 1.97. The lowest BCUT2D eigenvalue weighted by Gasteiger charge is -2.20. The van der Waals surface area contributed by atoms with Crippen LogP contribution in [0.3, 0.4) is 0 Å². The van der Waals surface area contributed by atoms with Crippen LogP contribution in [0.5, 0.6) is 0 Å². The van der Waals surface area contributed by atoms with Crippen molar-refractivity contribution in [2.24, 2.45) is 5.90 Å². The Hall–Kier alpha value is -0.450. The average Bonchev–Trinajstić information content (AvgIpc) is 2.05. The number of rotatable bonds is 2. The topological polar surface area (TPSA) is 48.1 Å². The summed E-state index contributed by atoms with van der Waals surface area (Å²) in [5.41, 5.74) is 0.286. The van der Waals surface area contributed by atoms with Crippen LogP contribution in [0.15, 0.2) is 22.8 Å². The summed E-state index contributed by atoms with van der Waals surface area (Å²) < 4.78 is 0.944. The molecule has 0 atom stereocenters. The first-order chi connectivity index (χ1) is 5.56. The second kappa shape index (κ2) is 3.51. The van der Waals surface area contributed by atoms with Gasteiger partial charge in [-0.2, -0.15) is 0 Å². The van der Waals surface area contributed by atoms with Gasteiger partial charge in [0.1, 0.15) is 5.60 Å². The molecule has 0 spiro atoms. The molecule has 66 valence electrons. The highest BCUT2D eigenvalue weighted by atomic mass is 79.9. The highest BCUT2D eigenvalue weighted by Gasteiger charge is 2.21. The molecule has 0 amide bonds. The Balaban J connectivity index is 2.96. The van der Waals surface area contributed by atoms with Crippen molar-refractivity contribution in [3.8, 4) is 0 Å². The molecule has 2 N–H and O–H groups in total. The Labute approximate surface area is 80.0 Å². The number of hydrogen-bond acceptors (Lipinski definition) is 3. The molecule has 0 saturated carbocycles. The van der Waals surface area contributed by atoms with Crippen LogP contribution in [-0.2, 0) is 10.4 Å². The van der Waals surface area contributed by atoms with Crippen LogP contribution < -0.4 is 5.90 Å². The van der Waals surface area contributed by atoms with Gasteiger partial charge in [-0.05, 0) is 41.9 Å². The van der Waals surface area contributed by atoms with Gasteiger partial charge in [-0.1, -0.05) is 0 Å². The molecule has 4 heteroatoms. The van der Waals surface area contributed by atoms with Gasteiger partial charge in [-0.25, -0.2) is 5.90 Å². The lowest BCUT2D eigenvalue weighted by molar-refractivity contribution is -0.0268. The van der Waals surface area contributed by atoms with E-state index in [1.165, 1.54) is 0 Å². The van der Waals surface area contributed by atoms with E-state index in [1.54, 1.807) is 6.20 Å². The number of pyridine rings is 1. The van der Waals surface area contributed by atoms with Gasteiger partial charge in [0.2, 0.25) is 0 Å². The Morgan fingerprint density at radius 2 is 2.17 bits per heavy atom. The molecule has 0 aliphatic carbocycles. The summed E-state index contributed by atoms with van der Waals surface area (Å²) in [6.45, 7) is 3.73. The third-order valence-corrected chi connectivity index (χ3v) is 2.11. The lowest BCUT2D eigenvalue weighted by atomic mass is 10.1. The van der Waals surface area contributed by atoms with Gasteiger partial charge >= 0.3 is 0 Å². The van der Waals surface area contributed by atoms with Gasteiger partial charge in [-0.3, -0.25) is 9.82 Å². The maximum atomic E-state index is 5.12. The van der Waals surface area contributed by atoms with Crippen molar-refractivity contribution in [3.05, 3.63) is 28.5 Å². The summed E-state index contributed by atoms with van der Waals surface area (Å²) in [6.07, 6.45) is 1.72. The zero-order valence-electron chi connectivity index (χ0n) is 7.04. The van der Waals surface area contributed by atoms with Gasteiger partial charge < -0.3 is 0 Å². The molecule has 1 aromatic heterocycles. The molecule has 0 bridgehead atoms. The summed E-state index contributed by atoms with van der Waals surface area (Å²) in [5.74, 6) is 5.12. The van der Waals surface area contributed by atoms with Crippen molar-refractivity contribution in [2.45, 2.75) is 19.4 Å². The van der Waals surface area contributed by atoms with Crippen LogP contribution in [0.4, 0.5) is 0 Å². The molecule has 3 nitrogen and oxygen atoms in total. The highest BCUT2D eigenvalue weighted by molar-refractivity contribution is 9.10. The van der Waals surface area contributed by atoms with Crippen LogP contribution in [0, 0.1) is 0 Å². The summed E-state index contributed by atoms with van der Waals surface area (Å²) in [7, 11) is 0. The zero-order chi connectivity index (χ0) is 9.19. The van der Waals surface area contributed by atoms with E-state index in [1.807, 2.05) is 26.0 Å². The van der Waals surface area contributed by atoms with Gasteiger partial charge in [0, 0.05) is 10.7 Å². The molecule has 0 fully saturated rings. The zero-order valence-corrected chi connectivity index (χ0v) is 8.63. The van der Waals surface area contributed by atoms with Gasteiger partial charge in [-0.15, -0.1) is 0 Å². The molecular formula is C8H11BrN2O. The lowest BCUT2D eigenvalue weighted by Crippen LogP contribution is -2.26. The minimum atomic E-state index is -0.527. The number of nitrogens with two attached hydrogens (primary N) is 1. The third-order valence-electron chi connectivity index (χ3n) is 1.64. The summed E-state index contributed by atoms with van der Waals surface area (Å²) in [4.78, 5) is 8.95. The molecule has 1 aromatic rings. The normalized spacial score (nSPS) is 11.7.